The molecule has 0 aliphatic rings. The Morgan fingerprint density at radius 2 is 1.95 bits per heavy atom. The third-order valence-electron chi connectivity index (χ3n) is 2.78. The normalized spacial score (nSPS) is 10.3. The van der Waals surface area contributed by atoms with E-state index in [4.69, 9.17) is 16.3 Å². The smallest absolute Gasteiger partial charge is 0.194 e. The second-order valence-electron chi connectivity index (χ2n) is 4.16. The van der Waals surface area contributed by atoms with Crippen molar-refractivity contribution in [2.24, 2.45) is 0 Å². The number of hydrogen-bond donors (Lipinski definition) is 0. The lowest BCUT2D eigenvalue weighted by Gasteiger charge is -2.07. The van der Waals surface area contributed by atoms with Gasteiger partial charge in [-0.15, -0.1) is 0 Å². The Balaban J connectivity index is 2.44. The number of rotatable bonds is 3. The molecule has 0 unspecified atom stereocenters. The van der Waals surface area contributed by atoms with Crippen LogP contribution in [0.5, 0.6) is 5.75 Å². The Labute approximate surface area is 125 Å². The quantitative estimate of drug-likeness (QED) is 0.761. The van der Waals surface area contributed by atoms with Gasteiger partial charge in [0.15, 0.2) is 5.78 Å². The predicted molar refractivity (Wildman–Crippen MR) is 80.3 cm³/mol. The van der Waals surface area contributed by atoms with E-state index in [1.807, 2.05) is 25.1 Å². The van der Waals surface area contributed by atoms with Crippen molar-refractivity contribution in [2.45, 2.75) is 6.92 Å². The Bertz CT molecular complexity index is 638. The average molecular weight is 340 g/mol. The van der Waals surface area contributed by atoms with Crippen LogP contribution in [0.4, 0.5) is 0 Å². The number of carbonyl (C=O) groups excluding carboxylic acids is 1. The number of hydrogen-bond acceptors (Lipinski definition) is 2. The number of carbonyl (C=O) groups is 1. The molecule has 0 atom stereocenters. The minimum absolute atomic E-state index is 0.0693. The molecule has 2 nitrogen and oxygen atoms in total. The van der Waals surface area contributed by atoms with E-state index in [1.165, 1.54) is 0 Å². The van der Waals surface area contributed by atoms with Gasteiger partial charge in [-0.05, 0) is 37.3 Å². The van der Waals surface area contributed by atoms with E-state index in [1.54, 1.807) is 25.3 Å². The Hall–Kier alpha value is -1.32. The van der Waals surface area contributed by atoms with E-state index in [0.717, 1.165) is 10.0 Å². The summed E-state index contributed by atoms with van der Waals surface area (Å²) in [6, 6.07) is 10.7. The molecule has 0 saturated heterocycles. The minimum atomic E-state index is -0.0693. The first-order valence-corrected chi connectivity index (χ1v) is 6.84. The molecule has 0 aliphatic carbocycles. The zero-order valence-corrected chi connectivity index (χ0v) is 12.9. The summed E-state index contributed by atoms with van der Waals surface area (Å²) in [5.74, 6) is 0.488. The number of ketones is 1. The van der Waals surface area contributed by atoms with Crippen molar-refractivity contribution in [3.63, 3.8) is 0 Å². The van der Waals surface area contributed by atoms with Crippen molar-refractivity contribution in [3.8, 4) is 5.75 Å². The van der Waals surface area contributed by atoms with Gasteiger partial charge in [-0.3, -0.25) is 4.79 Å². The summed E-state index contributed by atoms with van der Waals surface area (Å²) in [7, 11) is 1.54. The molecule has 2 aromatic carbocycles. The van der Waals surface area contributed by atoms with E-state index in [9.17, 15) is 4.79 Å². The third kappa shape index (κ3) is 2.99. The fraction of sp³-hybridized carbons (Fsp3) is 0.133. The molecular formula is C15H12BrClO2. The van der Waals surface area contributed by atoms with Gasteiger partial charge in [0.1, 0.15) is 5.75 Å². The van der Waals surface area contributed by atoms with Gasteiger partial charge in [0.05, 0.1) is 12.1 Å². The highest BCUT2D eigenvalue weighted by Gasteiger charge is 2.14. The molecule has 0 aromatic heterocycles. The molecule has 0 N–H and O–H groups in total. The molecule has 0 radical (unpaired) electrons. The monoisotopic (exact) mass is 338 g/mol. The van der Waals surface area contributed by atoms with Crippen LogP contribution < -0.4 is 4.74 Å². The first-order chi connectivity index (χ1) is 9.02. The van der Waals surface area contributed by atoms with E-state index in [2.05, 4.69) is 15.9 Å². The maximum absolute atomic E-state index is 12.4. The second-order valence-corrected chi connectivity index (χ2v) is 5.42. The molecule has 19 heavy (non-hydrogen) atoms. The highest BCUT2D eigenvalue weighted by atomic mass is 79.9. The summed E-state index contributed by atoms with van der Waals surface area (Å²) in [5, 5.41) is 0.428. The standard InChI is InChI=1S/C15H12BrClO2/c1-9-3-5-12(16)11(7-9)15(18)10-4-6-14(19-2)13(17)8-10/h3-8H,1-2H3. The Morgan fingerprint density at radius 3 is 2.58 bits per heavy atom. The lowest BCUT2D eigenvalue weighted by Crippen LogP contribution is -2.03. The summed E-state index contributed by atoms with van der Waals surface area (Å²) in [6.45, 7) is 1.95. The highest BCUT2D eigenvalue weighted by molar-refractivity contribution is 9.10. The van der Waals surface area contributed by atoms with Crippen LogP contribution in [0, 0.1) is 6.92 Å². The van der Waals surface area contributed by atoms with Crippen LogP contribution in [0.25, 0.3) is 0 Å². The van der Waals surface area contributed by atoms with Gasteiger partial charge in [-0.25, -0.2) is 0 Å². The molecular weight excluding hydrogens is 328 g/mol. The Morgan fingerprint density at radius 1 is 1.21 bits per heavy atom. The molecule has 0 amide bonds. The van der Waals surface area contributed by atoms with Gasteiger partial charge in [0, 0.05) is 15.6 Å². The molecule has 0 heterocycles. The molecule has 0 aliphatic heterocycles. The van der Waals surface area contributed by atoms with Crippen LogP contribution in [-0.4, -0.2) is 12.9 Å². The average Bonchev–Trinajstić information content (AvgIpc) is 2.40. The molecule has 2 aromatic rings. The fourth-order valence-corrected chi connectivity index (χ4v) is 2.46. The van der Waals surface area contributed by atoms with Crippen LogP contribution in [0.15, 0.2) is 40.9 Å². The SMILES string of the molecule is COc1ccc(C(=O)c2cc(C)ccc2Br)cc1Cl. The molecule has 2 rings (SSSR count). The minimum Gasteiger partial charge on any atom is -0.495 e. The van der Waals surface area contributed by atoms with Gasteiger partial charge >= 0.3 is 0 Å². The lowest BCUT2D eigenvalue weighted by molar-refractivity contribution is 0.103. The first kappa shape index (κ1) is 14.1. The summed E-state index contributed by atoms with van der Waals surface area (Å²) in [4.78, 5) is 12.4. The van der Waals surface area contributed by atoms with Crippen LogP contribution in [0.3, 0.4) is 0 Å². The fourth-order valence-electron chi connectivity index (χ4n) is 1.78. The summed E-state index contributed by atoms with van der Waals surface area (Å²) < 4.78 is 5.85. The first-order valence-electron chi connectivity index (χ1n) is 5.67. The van der Waals surface area contributed by atoms with E-state index >= 15 is 0 Å². The van der Waals surface area contributed by atoms with Crippen molar-refractivity contribution >= 4 is 33.3 Å². The van der Waals surface area contributed by atoms with Crippen molar-refractivity contribution in [3.05, 3.63) is 62.6 Å². The van der Waals surface area contributed by atoms with Gasteiger partial charge < -0.3 is 4.74 Å². The van der Waals surface area contributed by atoms with E-state index < -0.39 is 0 Å². The van der Waals surface area contributed by atoms with Crippen molar-refractivity contribution in [1.29, 1.82) is 0 Å². The van der Waals surface area contributed by atoms with Crippen LogP contribution in [0.2, 0.25) is 5.02 Å². The second kappa shape index (κ2) is 5.76. The largest absolute Gasteiger partial charge is 0.495 e. The number of methoxy groups -OCH3 is 1. The number of ether oxygens (including phenoxy) is 1. The van der Waals surface area contributed by atoms with Crippen molar-refractivity contribution in [2.75, 3.05) is 7.11 Å². The summed E-state index contributed by atoms with van der Waals surface area (Å²) in [5.41, 5.74) is 2.20. The maximum Gasteiger partial charge on any atom is 0.194 e. The molecule has 0 spiro atoms. The van der Waals surface area contributed by atoms with Gasteiger partial charge in [-0.1, -0.05) is 39.2 Å². The zero-order chi connectivity index (χ0) is 14.0. The molecule has 0 bridgehead atoms. The summed E-state index contributed by atoms with van der Waals surface area (Å²) >= 11 is 9.44. The maximum atomic E-state index is 12.4. The third-order valence-corrected chi connectivity index (χ3v) is 3.77. The van der Waals surface area contributed by atoms with Crippen molar-refractivity contribution in [1.82, 2.24) is 0 Å². The van der Waals surface area contributed by atoms with Gasteiger partial charge in [-0.2, -0.15) is 0 Å². The Kier molecular flexibility index (Phi) is 4.27. The van der Waals surface area contributed by atoms with Gasteiger partial charge in [0.25, 0.3) is 0 Å². The molecule has 0 saturated carbocycles. The summed E-state index contributed by atoms with van der Waals surface area (Å²) in [6.07, 6.45) is 0. The number of aryl methyl sites for hydroxylation is 1. The highest BCUT2D eigenvalue weighted by Crippen LogP contribution is 2.27. The molecule has 0 fully saturated rings. The van der Waals surface area contributed by atoms with E-state index in [0.29, 0.717) is 21.9 Å². The molecule has 4 heteroatoms. The van der Waals surface area contributed by atoms with Crippen LogP contribution in [-0.2, 0) is 0 Å². The topological polar surface area (TPSA) is 26.3 Å². The molecule has 98 valence electrons. The van der Waals surface area contributed by atoms with Gasteiger partial charge in [0.2, 0.25) is 0 Å². The predicted octanol–water partition coefficient (Wildman–Crippen LogP) is 4.65. The van der Waals surface area contributed by atoms with Crippen molar-refractivity contribution < 1.29 is 9.53 Å². The van der Waals surface area contributed by atoms with Crippen LogP contribution >= 0.6 is 27.5 Å². The van der Waals surface area contributed by atoms with Crippen LogP contribution in [0.1, 0.15) is 21.5 Å². The number of benzene rings is 2. The number of halogens is 2. The zero-order valence-electron chi connectivity index (χ0n) is 10.5. The van der Waals surface area contributed by atoms with E-state index in [-0.39, 0.29) is 5.78 Å². The lowest BCUT2D eigenvalue weighted by atomic mass is 10.0.